The van der Waals surface area contributed by atoms with E-state index in [1.165, 1.54) is 6.92 Å². The predicted octanol–water partition coefficient (Wildman–Crippen LogP) is 1.25. The minimum absolute atomic E-state index is 0.119. The van der Waals surface area contributed by atoms with Gasteiger partial charge in [0.1, 0.15) is 11.5 Å². The van der Waals surface area contributed by atoms with Crippen LogP contribution in [-0.2, 0) is 4.79 Å². The van der Waals surface area contributed by atoms with E-state index in [1.54, 1.807) is 0 Å². The summed E-state index contributed by atoms with van der Waals surface area (Å²) in [5, 5.41) is 5.34. The number of hydrogen-bond acceptors (Lipinski definition) is 3. The van der Waals surface area contributed by atoms with E-state index < -0.39 is 0 Å². The number of aryl methyl sites for hydroxylation is 1. The standard InChI is InChI=1S/C15H18N4O2/c1-10-13(15(21)17-9-8-16-11(2)20)19-14(18-10)12-6-4-3-5-7-12/h3-7H,8-9H2,1-2H3,(H,16,20)(H,17,21)(H,18,19). The second-order valence-electron chi connectivity index (χ2n) is 4.66. The number of aromatic nitrogens is 2. The van der Waals surface area contributed by atoms with Crippen molar-refractivity contribution in [1.82, 2.24) is 20.6 Å². The van der Waals surface area contributed by atoms with Gasteiger partial charge in [-0.3, -0.25) is 9.59 Å². The van der Waals surface area contributed by atoms with E-state index in [0.717, 1.165) is 5.56 Å². The monoisotopic (exact) mass is 286 g/mol. The molecule has 0 unspecified atom stereocenters. The van der Waals surface area contributed by atoms with Crippen LogP contribution in [0.3, 0.4) is 0 Å². The largest absolute Gasteiger partial charge is 0.355 e. The van der Waals surface area contributed by atoms with Crippen LogP contribution in [0.15, 0.2) is 30.3 Å². The molecule has 1 aromatic carbocycles. The van der Waals surface area contributed by atoms with Crippen molar-refractivity contribution >= 4 is 11.8 Å². The molecule has 2 aromatic rings. The molecule has 0 aliphatic heterocycles. The molecule has 0 atom stereocenters. The summed E-state index contributed by atoms with van der Waals surface area (Å²) in [5.74, 6) is 0.294. The molecule has 0 aliphatic rings. The zero-order chi connectivity index (χ0) is 15.2. The Bertz CT molecular complexity index is 634. The Morgan fingerprint density at radius 3 is 2.48 bits per heavy atom. The van der Waals surface area contributed by atoms with Crippen molar-refractivity contribution in [3.8, 4) is 11.4 Å². The maximum Gasteiger partial charge on any atom is 0.271 e. The van der Waals surface area contributed by atoms with Crippen molar-refractivity contribution in [2.75, 3.05) is 13.1 Å². The second kappa shape index (κ2) is 6.69. The zero-order valence-corrected chi connectivity index (χ0v) is 12.1. The molecule has 6 nitrogen and oxygen atoms in total. The minimum Gasteiger partial charge on any atom is -0.355 e. The smallest absolute Gasteiger partial charge is 0.271 e. The molecule has 1 aromatic heterocycles. The van der Waals surface area contributed by atoms with Crippen molar-refractivity contribution in [2.24, 2.45) is 0 Å². The van der Waals surface area contributed by atoms with E-state index >= 15 is 0 Å². The van der Waals surface area contributed by atoms with E-state index in [9.17, 15) is 9.59 Å². The molecule has 0 bridgehead atoms. The van der Waals surface area contributed by atoms with Gasteiger partial charge in [-0.25, -0.2) is 4.98 Å². The summed E-state index contributed by atoms with van der Waals surface area (Å²) >= 11 is 0. The number of nitrogens with one attached hydrogen (secondary N) is 3. The summed E-state index contributed by atoms with van der Waals surface area (Å²) in [7, 11) is 0. The number of imidazole rings is 1. The third kappa shape index (κ3) is 3.92. The number of carbonyl (C=O) groups is 2. The molecule has 110 valence electrons. The van der Waals surface area contributed by atoms with Gasteiger partial charge in [-0.2, -0.15) is 0 Å². The average Bonchev–Trinajstić information content (AvgIpc) is 2.86. The van der Waals surface area contributed by atoms with Crippen LogP contribution in [-0.4, -0.2) is 34.9 Å². The minimum atomic E-state index is -0.253. The molecule has 6 heteroatoms. The second-order valence-corrected chi connectivity index (χ2v) is 4.66. The molecule has 0 radical (unpaired) electrons. The van der Waals surface area contributed by atoms with Gasteiger partial charge < -0.3 is 15.6 Å². The van der Waals surface area contributed by atoms with Crippen LogP contribution in [0, 0.1) is 6.92 Å². The third-order valence-electron chi connectivity index (χ3n) is 2.93. The topological polar surface area (TPSA) is 86.9 Å². The number of amides is 2. The SMILES string of the molecule is CC(=O)NCCNC(=O)c1nc(-c2ccccc2)[nH]c1C. The summed E-state index contributed by atoms with van der Waals surface area (Å²) in [4.78, 5) is 30.2. The molecule has 0 saturated carbocycles. The highest BCUT2D eigenvalue weighted by molar-refractivity contribution is 5.94. The quantitative estimate of drug-likeness (QED) is 0.723. The maximum absolute atomic E-state index is 12.0. The number of aromatic amines is 1. The van der Waals surface area contributed by atoms with Gasteiger partial charge >= 0.3 is 0 Å². The number of H-pyrrole nitrogens is 1. The first kappa shape index (κ1) is 14.8. The summed E-state index contributed by atoms with van der Waals surface area (Å²) in [6.07, 6.45) is 0. The van der Waals surface area contributed by atoms with Gasteiger partial charge in [0.15, 0.2) is 0 Å². The lowest BCUT2D eigenvalue weighted by Gasteiger charge is -2.04. The van der Waals surface area contributed by atoms with Crippen LogP contribution in [0.2, 0.25) is 0 Å². The lowest BCUT2D eigenvalue weighted by Crippen LogP contribution is -2.34. The molecular weight excluding hydrogens is 268 g/mol. The zero-order valence-electron chi connectivity index (χ0n) is 12.1. The number of benzene rings is 1. The van der Waals surface area contributed by atoms with Crippen molar-refractivity contribution in [3.63, 3.8) is 0 Å². The fraction of sp³-hybridized carbons (Fsp3) is 0.267. The van der Waals surface area contributed by atoms with Crippen LogP contribution < -0.4 is 10.6 Å². The van der Waals surface area contributed by atoms with Crippen molar-refractivity contribution in [2.45, 2.75) is 13.8 Å². The predicted molar refractivity (Wildman–Crippen MR) is 79.8 cm³/mol. The Balaban J connectivity index is 2.02. The highest BCUT2D eigenvalue weighted by atomic mass is 16.2. The molecule has 0 spiro atoms. The molecule has 0 aliphatic carbocycles. The molecule has 2 rings (SSSR count). The number of rotatable bonds is 5. The molecule has 21 heavy (non-hydrogen) atoms. The van der Waals surface area contributed by atoms with Crippen LogP contribution in [0.5, 0.6) is 0 Å². The maximum atomic E-state index is 12.0. The van der Waals surface area contributed by atoms with Crippen LogP contribution >= 0.6 is 0 Å². The van der Waals surface area contributed by atoms with Crippen LogP contribution in [0.1, 0.15) is 23.1 Å². The Morgan fingerprint density at radius 1 is 1.14 bits per heavy atom. The lowest BCUT2D eigenvalue weighted by molar-refractivity contribution is -0.118. The number of nitrogens with zero attached hydrogens (tertiary/aromatic N) is 1. The molecule has 0 saturated heterocycles. The van der Waals surface area contributed by atoms with Gasteiger partial charge in [-0.15, -0.1) is 0 Å². The first-order chi connectivity index (χ1) is 10.1. The Labute approximate surface area is 123 Å². The average molecular weight is 286 g/mol. The van der Waals surface area contributed by atoms with E-state index in [0.29, 0.717) is 30.3 Å². The van der Waals surface area contributed by atoms with E-state index in [-0.39, 0.29) is 11.8 Å². The summed E-state index contributed by atoms with van der Waals surface area (Å²) in [6.45, 7) is 4.01. The van der Waals surface area contributed by atoms with Gasteiger partial charge in [-0.1, -0.05) is 30.3 Å². The first-order valence-corrected chi connectivity index (χ1v) is 6.72. The van der Waals surface area contributed by atoms with E-state index in [1.807, 2.05) is 37.3 Å². The first-order valence-electron chi connectivity index (χ1n) is 6.72. The Morgan fingerprint density at radius 2 is 1.81 bits per heavy atom. The summed E-state index contributed by atoms with van der Waals surface area (Å²) in [6, 6.07) is 9.61. The van der Waals surface area contributed by atoms with Gasteiger partial charge in [0, 0.05) is 31.3 Å². The van der Waals surface area contributed by atoms with Gasteiger partial charge in [0.25, 0.3) is 5.91 Å². The Kier molecular flexibility index (Phi) is 4.71. The third-order valence-corrected chi connectivity index (χ3v) is 2.93. The van der Waals surface area contributed by atoms with Crippen molar-refractivity contribution in [3.05, 3.63) is 41.7 Å². The highest BCUT2D eigenvalue weighted by Gasteiger charge is 2.15. The summed E-state index contributed by atoms with van der Waals surface area (Å²) in [5.41, 5.74) is 2.01. The van der Waals surface area contributed by atoms with Gasteiger partial charge in [0.2, 0.25) is 5.91 Å². The molecule has 1 heterocycles. The van der Waals surface area contributed by atoms with Crippen molar-refractivity contribution in [1.29, 1.82) is 0 Å². The molecule has 0 fully saturated rings. The normalized spacial score (nSPS) is 10.2. The fourth-order valence-electron chi connectivity index (χ4n) is 1.91. The summed E-state index contributed by atoms with van der Waals surface area (Å²) < 4.78 is 0. The Hall–Kier alpha value is -2.63. The van der Waals surface area contributed by atoms with Crippen LogP contribution in [0.25, 0.3) is 11.4 Å². The van der Waals surface area contributed by atoms with E-state index in [4.69, 9.17) is 0 Å². The molecule has 2 amide bonds. The van der Waals surface area contributed by atoms with Crippen molar-refractivity contribution < 1.29 is 9.59 Å². The van der Waals surface area contributed by atoms with E-state index in [2.05, 4.69) is 20.6 Å². The molecular formula is C15H18N4O2. The van der Waals surface area contributed by atoms with Gasteiger partial charge in [-0.05, 0) is 6.92 Å². The number of hydrogen-bond donors (Lipinski definition) is 3. The lowest BCUT2D eigenvalue weighted by atomic mass is 10.2. The number of carbonyl (C=O) groups excluding carboxylic acids is 2. The van der Waals surface area contributed by atoms with Gasteiger partial charge in [0.05, 0.1) is 0 Å². The molecule has 3 N–H and O–H groups in total. The fourth-order valence-corrected chi connectivity index (χ4v) is 1.91. The van der Waals surface area contributed by atoms with Crippen LogP contribution in [0.4, 0.5) is 0 Å². The highest BCUT2D eigenvalue weighted by Crippen LogP contribution is 2.17.